The Labute approximate surface area is 126 Å². The van der Waals surface area contributed by atoms with Gasteiger partial charge >= 0.3 is 0 Å². The molecule has 0 bridgehead atoms. The Kier molecular flexibility index (Phi) is 4.91. The highest BCUT2D eigenvalue weighted by Crippen LogP contribution is 2.33. The van der Waals surface area contributed by atoms with Crippen LogP contribution in [0.2, 0.25) is 0 Å². The maximum Gasteiger partial charge on any atom is 0.241 e. The lowest BCUT2D eigenvalue weighted by Gasteiger charge is -2.39. The molecule has 2 atom stereocenters. The van der Waals surface area contributed by atoms with Gasteiger partial charge in [0.2, 0.25) is 10.0 Å². The van der Waals surface area contributed by atoms with E-state index >= 15 is 0 Å². The number of nitrogens with one attached hydrogen (secondary N) is 1. The molecular formula is C15H23NO4S. The molecule has 0 spiro atoms. The second kappa shape index (κ2) is 6.34. The molecule has 2 unspecified atom stereocenters. The molecule has 0 radical (unpaired) electrons. The van der Waals surface area contributed by atoms with E-state index in [1.54, 1.807) is 12.1 Å². The molecule has 21 heavy (non-hydrogen) atoms. The number of aliphatic hydroxyl groups excluding tert-OH is 1. The van der Waals surface area contributed by atoms with Crippen molar-refractivity contribution in [1.29, 1.82) is 0 Å². The Morgan fingerprint density at radius 1 is 1.38 bits per heavy atom. The van der Waals surface area contributed by atoms with Crippen molar-refractivity contribution < 1.29 is 18.3 Å². The smallest absolute Gasteiger partial charge is 0.241 e. The summed E-state index contributed by atoms with van der Waals surface area (Å²) in [6.45, 7) is 1.91. The zero-order valence-electron chi connectivity index (χ0n) is 12.5. The Morgan fingerprint density at radius 3 is 2.57 bits per heavy atom. The van der Waals surface area contributed by atoms with Crippen molar-refractivity contribution in [3.63, 3.8) is 0 Å². The van der Waals surface area contributed by atoms with E-state index in [-0.39, 0.29) is 11.5 Å². The topological polar surface area (TPSA) is 75.6 Å². The molecule has 1 aromatic carbocycles. The van der Waals surface area contributed by atoms with E-state index in [4.69, 9.17) is 4.74 Å². The standard InChI is InChI=1S/C15H23NO4S/c1-12-4-3-9-15(10-12,11-17)16-21(18,19)14-7-5-13(20-2)6-8-14/h5-8,12,16-17H,3-4,9-11H2,1-2H3. The van der Waals surface area contributed by atoms with E-state index in [1.807, 2.05) is 0 Å². The van der Waals surface area contributed by atoms with Gasteiger partial charge in [-0.25, -0.2) is 13.1 Å². The number of rotatable bonds is 5. The van der Waals surface area contributed by atoms with Gasteiger partial charge in [0.25, 0.3) is 0 Å². The average molecular weight is 313 g/mol. The van der Waals surface area contributed by atoms with Crippen molar-refractivity contribution in [2.45, 2.75) is 43.0 Å². The number of ether oxygens (including phenoxy) is 1. The first-order chi connectivity index (χ1) is 9.91. The fourth-order valence-corrected chi connectivity index (χ4v) is 4.46. The molecule has 0 aliphatic heterocycles. The van der Waals surface area contributed by atoms with Gasteiger partial charge in [-0.1, -0.05) is 19.8 Å². The third-order valence-corrected chi connectivity index (χ3v) is 5.71. The number of hydrogen-bond donors (Lipinski definition) is 2. The first-order valence-electron chi connectivity index (χ1n) is 7.20. The van der Waals surface area contributed by atoms with Gasteiger partial charge in [-0.15, -0.1) is 0 Å². The quantitative estimate of drug-likeness (QED) is 0.871. The highest BCUT2D eigenvalue weighted by atomic mass is 32.2. The Balaban J connectivity index is 2.22. The van der Waals surface area contributed by atoms with Crippen LogP contribution in [0.1, 0.15) is 32.6 Å². The molecule has 0 saturated heterocycles. The van der Waals surface area contributed by atoms with E-state index in [9.17, 15) is 13.5 Å². The predicted octanol–water partition coefficient (Wildman–Crippen LogP) is 1.91. The molecule has 1 aliphatic rings. The number of methoxy groups -OCH3 is 1. The summed E-state index contributed by atoms with van der Waals surface area (Å²) >= 11 is 0. The Hall–Kier alpha value is -1.11. The SMILES string of the molecule is COc1ccc(S(=O)(=O)NC2(CO)CCCC(C)C2)cc1. The minimum absolute atomic E-state index is 0.174. The van der Waals surface area contributed by atoms with Crippen molar-refractivity contribution in [3.8, 4) is 5.75 Å². The van der Waals surface area contributed by atoms with Crippen molar-refractivity contribution in [1.82, 2.24) is 4.72 Å². The minimum atomic E-state index is -3.64. The monoisotopic (exact) mass is 313 g/mol. The fraction of sp³-hybridized carbons (Fsp3) is 0.600. The zero-order chi connectivity index (χ0) is 15.5. The number of sulfonamides is 1. The maximum atomic E-state index is 12.5. The molecule has 0 aromatic heterocycles. The van der Waals surface area contributed by atoms with Crippen molar-refractivity contribution in [2.75, 3.05) is 13.7 Å². The summed E-state index contributed by atoms with van der Waals surface area (Å²) in [5.41, 5.74) is -0.740. The molecule has 0 amide bonds. The van der Waals surface area contributed by atoms with Crippen LogP contribution in [0.3, 0.4) is 0 Å². The third-order valence-electron chi connectivity index (χ3n) is 4.11. The van der Waals surface area contributed by atoms with Gasteiger partial charge in [0.05, 0.1) is 24.2 Å². The molecule has 1 saturated carbocycles. The lowest BCUT2D eigenvalue weighted by Crippen LogP contribution is -2.53. The Morgan fingerprint density at radius 2 is 2.05 bits per heavy atom. The van der Waals surface area contributed by atoms with Crippen LogP contribution in [0, 0.1) is 5.92 Å². The lowest BCUT2D eigenvalue weighted by molar-refractivity contribution is 0.120. The van der Waals surface area contributed by atoms with Crippen LogP contribution in [0.4, 0.5) is 0 Å². The van der Waals surface area contributed by atoms with Gasteiger partial charge in [-0.3, -0.25) is 0 Å². The Bertz CT molecular complexity index is 570. The van der Waals surface area contributed by atoms with Crippen molar-refractivity contribution in [3.05, 3.63) is 24.3 Å². The molecule has 0 heterocycles. The van der Waals surface area contributed by atoms with Gasteiger partial charge in [0.15, 0.2) is 0 Å². The molecule has 118 valence electrons. The second-order valence-electron chi connectivity index (χ2n) is 5.92. The zero-order valence-corrected chi connectivity index (χ0v) is 13.3. The molecule has 5 nitrogen and oxygen atoms in total. The first-order valence-corrected chi connectivity index (χ1v) is 8.68. The molecule has 6 heteroatoms. The van der Waals surface area contributed by atoms with E-state index in [2.05, 4.69) is 11.6 Å². The van der Waals surface area contributed by atoms with Crippen LogP contribution in [0.5, 0.6) is 5.75 Å². The van der Waals surface area contributed by atoms with E-state index in [0.717, 1.165) is 12.8 Å². The fourth-order valence-electron chi connectivity index (χ4n) is 3.03. The van der Waals surface area contributed by atoms with Crippen LogP contribution < -0.4 is 9.46 Å². The van der Waals surface area contributed by atoms with E-state index in [1.165, 1.54) is 19.2 Å². The molecule has 2 N–H and O–H groups in total. The summed E-state index contributed by atoms with van der Waals surface area (Å²) in [4.78, 5) is 0.189. The predicted molar refractivity (Wildman–Crippen MR) is 80.8 cm³/mol. The summed E-state index contributed by atoms with van der Waals surface area (Å²) in [6.07, 6.45) is 3.33. The molecule has 1 aliphatic carbocycles. The van der Waals surface area contributed by atoms with Gasteiger partial charge in [-0.2, -0.15) is 0 Å². The molecular weight excluding hydrogens is 290 g/mol. The normalized spacial score (nSPS) is 26.5. The van der Waals surface area contributed by atoms with Gasteiger partial charge in [0, 0.05) is 0 Å². The third kappa shape index (κ3) is 3.75. The largest absolute Gasteiger partial charge is 0.497 e. The summed E-state index contributed by atoms with van der Waals surface area (Å²) in [5, 5.41) is 9.70. The van der Waals surface area contributed by atoms with Crippen molar-refractivity contribution in [2.24, 2.45) is 5.92 Å². The number of aliphatic hydroxyl groups is 1. The summed E-state index contributed by atoms with van der Waals surface area (Å²) in [7, 11) is -2.11. The second-order valence-corrected chi connectivity index (χ2v) is 7.60. The van der Waals surface area contributed by atoms with Crippen LogP contribution in [0.25, 0.3) is 0 Å². The lowest BCUT2D eigenvalue weighted by atomic mass is 9.78. The summed E-state index contributed by atoms with van der Waals surface area (Å²) in [5.74, 6) is 1.02. The van der Waals surface area contributed by atoms with E-state index in [0.29, 0.717) is 24.5 Å². The number of benzene rings is 1. The van der Waals surface area contributed by atoms with Gasteiger partial charge in [0.1, 0.15) is 5.75 Å². The van der Waals surface area contributed by atoms with Crippen LogP contribution in [-0.2, 0) is 10.0 Å². The van der Waals surface area contributed by atoms with Gasteiger partial charge in [-0.05, 0) is 43.0 Å². The molecule has 2 rings (SSSR count). The molecule has 1 fully saturated rings. The van der Waals surface area contributed by atoms with Crippen LogP contribution in [0.15, 0.2) is 29.2 Å². The number of hydrogen-bond acceptors (Lipinski definition) is 4. The van der Waals surface area contributed by atoms with E-state index < -0.39 is 15.6 Å². The van der Waals surface area contributed by atoms with Crippen LogP contribution >= 0.6 is 0 Å². The summed E-state index contributed by atoms with van der Waals surface area (Å²) in [6, 6.07) is 6.25. The van der Waals surface area contributed by atoms with Gasteiger partial charge < -0.3 is 9.84 Å². The average Bonchev–Trinajstić information content (AvgIpc) is 2.47. The van der Waals surface area contributed by atoms with Crippen molar-refractivity contribution >= 4 is 10.0 Å². The molecule has 1 aromatic rings. The van der Waals surface area contributed by atoms with Crippen LogP contribution in [-0.4, -0.2) is 32.8 Å². The highest BCUT2D eigenvalue weighted by molar-refractivity contribution is 7.89. The maximum absolute atomic E-state index is 12.5. The first kappa shape index (κ1) is 16.3. The summed E-state index contributed by atoms with van der Waals surface area (Å²) < 4.78 is 32.8. The highest BCUT2D eigenvalue weighted by Gasteiger charge is 2.38. The minimum Gasteiger partial charge on any atom is -0.497 e.